The van der Waals surface area contributed by atoms with E-state index >= 15 is 0 Å². The number of anilines is 1. The van der Waals surface area contributed by atoms with E-state index in [9.17, 15) is 24.1 Å². The van der Waals surface area contributed by atoms with Gasteiger partial charge in [0.15, 0.2) is 34.8 Å². The lowest BCUT2D eigenvalue weighted by molar-refractivity contribution is -0.0511. The minimum absolute atomic E-state index is 0.0319. The molecule has 0 amide bonds. The van der Waals surface area contributed by atoms with E-state index in [1.54, 1.807) is 0 Å². The van der Waals surface area contributed by atoms with Crippen molar-refractivity contribution in [3.8, 4) is 0 Å². The van der Waals surface area contributed by atoms with E-state index in [1.165, 1.54) is 36.3 Å². The Morgan fingerprint density at radius 3 is 2.66 bits per heavy atom. The first-order chi connectivity index (χ1) is 13.9. The van der Waals surface area contributed by atoms with Crippen LogP contribution in [0.1, 0.15) is 17.4 Å². The van der Waals surface area contributed by atoms with Crippen LogP contribution in [0.3, 0.4) is 0 Å². The molecule has 1 aliphatic rings. The summed E-state index contributed by atoms with van der Waals surface area (Å²) in [5.41, 5.74) is 0.960. The summed E-state index contributed by atoms with van der Waals surface area (Å²) in [7, 11) is 0. The molecule has 1 aromatic carbocycles. The van der Waals surface area contributed by atoms with Gasteiger partial charge in [-0.1, -0.05) is 12.1 Å². The first kappa shape index (κ1) is 19.6. The molecular formula is C18H19F2N5O4. The standard InChI is InChI=1S/C18H19F2N5O4/c1-8-2-3-9(12(20)11(8)19)4-21-16-13-17(23-6-22-16)25(7-24-13)18-15(28)14(27)10(5-26)29-18/h2-3,6-7,10,14-15,18,26-28H,4-5H2,1H3,(H,21,22,23)/t10-,14-,15-,18-/m1/s1. The van der Waals surface area contributed by atoms with Crippen LogP contribution >= 0.6 is 0 Å². The summed E-state index contributed by atoms with van der Waals surface area (Å²) >= 11 is 0. The predicted octanol–water partition coefficient (Wildman–Crippen LogP) is 0.637. The van der Waals surface area contributed by atoms with E-state index in [4.69, 9.17) is 4.74 Å². The molecule has 1 saturated heterocycles. The van der Waals surface area contributed by atoms with Gasteiger partial charge in [-0.15, -0.1) is 0 Å². The zero-order valence-corrected chi connectivity index (χ0v) is 15.3. The molecule has 0 spiro atoms. The number of aryl methyl sites for hydroxylation is 1. The lowest BCUT2D eigenvalue weighted by Crippen LogP contribution is -2.33. The van der Waals surface area contributed by atoms with Gasteiger partial charge in [-0.25, -0.2) is 23.7 Å². The van der Waals surface area contributed by atoms with Gasteiger partial charge in [-0.2, -0.15) is 0 Å². The van der Waals surface area contributed by atoms with E-state index in [0.29, 0.717) is 11.2 Å². The van der Waals surface area contributed by atoms with Crippen molar-refractivity contribution in [1.82, 2.24) is 19.5 Å². The molecule has 1 aliphatic heterocycles. The SMILES string of the molecule is Cc1ccc(CNc2ncnc3c2ncn3[C@@H]2O[C@H](CO)[C@@H](O)[C@H]2O)c(F)c1F. The second kappa shape index (κ2) is 7.59. The molecule has 2 aromatic heterocycles. The molecule has 11 heteroatoms. The van der Waals surface area contributed by atoms with Gasteiger partial charge in [0.1, 0.15) is 24.6 Å². The smallest absolute Gasteiger partial charge is 0.167 e. The number of rotatable bonds is 5. The van der Waals surface area contributed by atoms with Crippen molar-refractivity contribution < 1.29 is 28.8 Å². The van der Waals surface area contributed by atoms with Crippen molar-refractivity contribution in [3.63, 3.8) is 0 Å². The minimum Gasteiger partial charge on any atom is -0.394 e. The molecule has 3 aromatic rings. The number of nitrogens with zero attached hydrogens (tertiary/aromatic N) is 4. The van der Waals surface area contributed by atoms with Crippen molar-refractivity contribution in [2.24, 2.45) is 0 Å². The Labute approximate surface area is 163 Å². The van der Waals surface area contributed by atoms with Crippen LogP contribution in [0, 0.1) is 18.6 Å². The molecule has 0 aliphatic carbocycles. The number of benzene rings is 1. The minimum atomic E-state index is -1.29. The largest absolute Gasteiger partial charge is 0.394 e. The molecule has 1 fully saturated rings. The Kier molecular flexibility index (Phi) is 5.13. The predicted molar refractivity (Wildman–Crippen MR) is 96.8 cm³/mol. The highest BCUT2D eigenvalue weighted by atomic mass is 19.2. The third-order valence-electron chi connectivity index (χ3n) is 4.95. The van der Waals surface area contributed by atoms with Gasteiger partial charge < -0.3 is 25.4 Å². The van der Waals surface area contributed by atoms with E-state index in [-0.39, 0.29) is 23.5 Å². The molecule has 0 bridgehead atoms. The Morgan fingerprint density at radius 1 is 1.14 bits per heavy atom. The molecule has 4 N–H and O–H groups in total. The third-order valence-corrected chi connectivity index (χ3v) is 4.95. The van der Waals surface area contributed by atoms with Crippen LogP contribution in [-0.2, 0) is 11.3 Å². The van der Waals surface area contributed by atoms with Gasteiger partial charge in [0.05, 0.1) is 12.9 Å². The van der Waals surface area contributed by atoms with Crippen molar-refractivity contribution in [2.45, 2.75) is 38.0 Å². The lowest BCUT2D eigenvalue weighted by Gasteiger charge is -2.16. The van der Waals surface area contributed by atoms with Crippen molar-refractivity contribution in [2.75, 3.05) is 11.9 Å². The van der Waals surface area contributed by atoms with Gasteiger partial charge >= 0.3 is 0 Å². The maximum atomic E-state index is 14.1. The molecule has 154 valence electrons. The molecule has 3 heterocycles. The number of imidazole rings is 1. The number of hydrogen-bond acceptors (Lipinski definition) is 8. The van der Waals surface area contributed by atoms with Crippen LogP contribution in [-0.4, -0.2) is 59.8 Å². The molecule has 9 nitrogen and oxygen atoms in total. The summed E-state index contributed by atoms with van der Waals surface area (Å²) in [5.74, 6) is -1.55. The maximum absolute atomic E-state index is 14.1. The average Bonchev–Trinajstić information content (AvgIpc) is 3.27. The molecule has 0 saturated carbocycles. The van der Waals surface area contributed by atoms with Crippen molar-refractivity contribution >= 4 is 17.0 Å². The van der Waals surface area contributed by atoms with Crippen LogP contribution in [0.15, 0.2) is 24.8 Å². The topological polar surface area (TPSA) is 126 Å². The summed E-state index contributed by atoms with van der Waals surface area (Å²) in [6, 6.07) is 2.97. The Hall–Kier alpha value is -2.73. The maximum Gasteiger partial charge on any atom is 0.167 e. The summed E-state index contributed by atoms with van der Waals surface area (Å²) in [4.78, 5) is 12.4. The lowest BCUT2D eigenvalue weighted by atomic mass is 10.1. The molecular weight excluding hydrogens is 388 g/mol. The average molecular weight is 407 g/mol. The molecule has 0 radical (unpaired) electrons. The number of fused-ring (bicyclic) bond motifs is 1. The van der Waals surface area contributed by atoms with Crippen LogP contribution in [0.4, 0.5) is 14.6 Å². The van der Waals surface area contributed by atoms with Crippen molar-refractivity contribution in [1.29, 1.82) is 0 Å². The number of halogens is 2. The number of aliphatic hydroxyl groups excluding tert-OH is 3. The molecule has 0 unspecified atom stereocenters. The van der Waals surface area contributed by atoms with Crippen LogP contribution in [0.5, 0.6) is 0 Å². The van der Waals surface area contributed by atoms with Crippen molar-refractivity contribution in [3.05, 3.63) is 47.5 Å². The fraction of sp³-hybridized carbons (Fsp3) is 0.389. The second-order valence-electron chi connectivity index (χ2n) is 6.80. The monoisotopic (exact) mass is 407 g/mol. The first-order valence-electron chi connectivity index (χ1n) is 8.89. The number of nitrogens with one attached hydrogen (secondary N) is 1. The van der Waals surface area contributed by atoms with Crippen LogP contribution in [0.2, 0.25) is 0 Å². The Morgan fingerprint density at radius 2 is 1.93 bits per heavy atom. The van der Waals surface area contributed by atoms with E-state index in [0.717, 1.165) is 0 Å². The Bertz CT molecular complexity index is 1050. The fourth-order valence-electron chi connectivity index (χ4n) is 3.28. The molecule has 4 atom stereocenters. The summed E-state index contributed by atoms with van der Waals surface area (Å²) in [6.07, 6.45) is -1.89. The summed E-state index contributed by atoms with van der Waals surface area (Å²) in [5, 5.41) is 32.3. The normalized spacial score (nSPS) is 24.3. The number of aliphatic hydroxyl groups is 3. The fourth-order valence-corrected chi connectivity index (χ4v) is 3.28. The van der Waals surface area contributed by atoms with Gasteiger partial charge in [0.2, 0.25) is 0 Å². The van der Waals surface area contributed by atoms with Crippen LogP contribution < -0.4 is 5.32 Å². The quantitative estimate of drug-likeness (QED) is 0.486. The third kappa shape index (κ3) is 3.31. The van der Waals surface area contributed by atoms with E-state index in [2.05, 4.69) is 20.3 Å². The number of aromatic nitrogens is 4. The highest BCUT2D eigenvalue weighted by molar-refractivity contribution is 5.82. The van der Waals surface area contributed by atoms with E-state index < -0.39 is 42.8 Å². The van der Waals surface area contributed by atoms with Gasteiger partial charge in [-0.05, 0) is 12.5 Å². The zero-order valence-electron chi connectivity index (χ0n) is 15.3. The number of hydrogen-bond donors (Lipinski definition) is 4. The highest BCUT2D eigenvalue weighted by Crippen LogP contribution is 2.32. The molecule has 4 rings (SSSR count). The number of ether oxygens (including phenoxy) is 1. The highest BCUT2D eigenvalue weighted by Gasteiger charge is 2.44. The summed E-state index contributed by atoms with van der Waals surface area (Å²) < 4.78 is 34.7. The zero-order chi connectivity index (χ0) is 20.7. The van der Waals surface area contributed by atoms with Crippen LogP contribution in [0.25, 0.3) is 11.2 Å². The van der Waals surface area contributed by atoms with Gasteiger partial charge in [0, 0.05) is 12.1 Å². The van der Waals surface area contributed by atoms with Gasteiger partial charge in [0.25, 0.3) is 0 Å². The Balaban J connectivity index is 1.61. The molecule has 29 heavy (non-hydrogen) atoms. The van der Waals surface area contributed by atoms with Gasteiger partial charge in [-0.3, -0.25) is 4.57 Å². The van der Waals surface area contributed by atoms with E-state index in [1.807, 2.05) is 0 Å². The summed E-state index contributed by atoms with van der Waals surface area (Å²) in [6.45, 7) is 0.992. The first-order valence-corrected chi connectivity index (χ1v) is 8.89. The second-order valence-corrected chi connectivity index (χ2v) is 6.80.